The van der Waals surface area contributed by atoms with Crippen molar-refractivity contribution in [2.75, 3.05) is 0 Å². The number of unbranched alkanes of at least 4 members (excludes halogenated alkanes) is 7. The summed E-state index contributed by atoms with van der Waals surface area (Å²) in [4.78, 5) is 0. The van der Waals surface area contributed by atoms with Gasteiger partial charge in [-0.2, -0.15) is 0 Å². The highest BCUT2D eigenvalue weighted by molar-refractivity contribution is 7.80. The number of hydrogen-bond acceptors (Lipinski definition) is 2. The van der Waals surface area contributed by atoms with Crippen LogP contribution in [0.3, 0.4) is 0 Å². The molecular formula is C19H28Cl2OS. The summed E-state index contributed by atoms with van der Waals surface area (Å²) in [6.45, 7) is 4.33. The van der Waals surface area contributed by atoms with Crippen LogP contribution in [0, 0.1) is 0 Å². The molecule has 1 atom stereocenters. The lowest BCUT2D eigenvalue weighted by atomic mass is 10.1. The number of hydrogen-bond donors (Lipinski definition) is 0. The summed E-state index contributed by atoms with van der Waals surface area (Å²) in [7, 11) is 0. The number of halogens is 2. The van der Waals surface area contributed by atoms with E-state index in [0.29, 0.717) is 15.1 Å². The van der Waals surface area contributed by atoms with Crippen LogP contribution in [-0.4, -0.2) is 11.2 Å². The molecule has 0 fully saturated rings. The molecule has 1 nitrogen and oxygen atoms in total. The Balaban J connectivity index is 2.17. The van der Waals surface area contributed by atoms with Crippen LogP contribution in [-0.2, 0) is 4.74 Å². The van der Waals surface area contributed by atoms with Crippen LogP contribution in [0.25, 0.3) is 0 Å². The molecule has 0 spiro atoms. The van der Waals surface area contributed by atoms with Crippen molar-refractivity contribution in [2.45, 2.75) is 77.7 Å². The van der Waals surface area contributed by atoms with Crippen LogP contribution < -0.4 is 0 Å². The lowest BCUT2D eigenvalue weighted by molar-refractivity contribution is 0.200. The Bertz CT molecular complexity index is 476. The second-order valence-corrected chi connectivity index (χ2v) is 7.29. The Hall–Kier alpha value is -0.310. The van der Waals surface area contributed by atoms with E-state index in [2.05, 4.69) is 13.8 Å². The van der Waals surface area contributed by atoms with Gasteiger partial charge in [0, 0.05) is 5.56 Å². The normalized spacial score (nSPS) is 12.2. The van der Waals surface area contributed by atoms with E-state index in [-0.39, 0.29) is 6.10 Å². The van der Waals surface area contributed by atoms with Gasteiger partial charge in [-0.1, -0.05) is 75.1 Å². The van der Waals surface area contributed by atoms with Crippen LogP contribution in [0.15, 0.2) is 18.2 Å². The van der Waals surface area contributed by atoms with Crippen molar-refractivity contribution >= 4 is 40.5 Å². The first-order chi connectivity index (χ1) is 11.0. The Kier molecular flexibility index (Phi) is 10.9. The molecule has 0 aliphatic carbocycles. The van der Waals surface area contributed by atoms with Gasteiger partial charge in [-0.25, -0.2) is 0 Å². The number of ether oxygens (including phenoxy) is 1. The number of thiocarbonyl (C=S) groups is 1. The lowest BCUT2D eigenvalue weighted by Crippen LogP contribution is -2.14. The Morgan fingerprint density at radius 2 is 1.61 bits per heavy atom. The van der Waals surface area contributed by atoms with Gasteiger partial charge in [-0.3, -0.25) is 0 Å². The third-order valence-corrected chi connectivity index (χ3v) is 5.00. The zero-order valence-corrected chi connectivity index (χ0v) is 16.6. The van der Waals surface area contributed by atoms with Crippen molar-refractivity contribution in [3.63, 3.8) is 0 Å². The Morgan fingerprint density at radius 1 is 1.00 bits per heavy atom. The van der Waals surface area contributed by atoms with E-state index in [4.69, 9.17) is 40.2 Å². The minimum absolute atomic E-state index is 0.136. The topological polar surface area (TPSA) is 9.23 Å². The van der Waals surface area contributed by atoms with Crippen molar-refractivity contribution in [1.82, 2.24) is 0 Å². The maximum Gasteiger partial charge on any atom is 0.191 e. The van der Waals surface area contributed by atoms with Gasteiger partial charge < -0.3 is 4.74 Å². The molecule has 0 saturated heterocycles. The lowest BCUT2D eigenvalue weighted by Gasteiger charge is -2.15. The molecule has 1 aromatic carbocycles. The first kappa shape index (κ1) is 20.7. The molecule has 0 aliphatic heterocycles. The molecule has 1 rings (SSSR count). The van der Waals surface area contributed by atoms with Gasteiger partial charge in [-0.05, 0) is 50.2 Å². The number of rotatable bonds is 11. The minimum Gasteiger partial charge on any atom is -0.480 e. The zero-order chi connectivity index (χ0) is 17.1. The fraction of sp³-hybridized carbons (Fsp3) is 0.632. The highest BCUT2D eigenvalue weighted by Gasteiger charge is 2.10. The second-order valence-electron chi connectivity index (χ2n) is 6.11. The molecule has 23 heavy (non-hydrogen) atoms. The van der Waals surface area contributed by atoms with E-state index >= 15 is 0 Å². The van der Waals surface area contributed by atoms with Crippen LogP contribution in [0.2, 0.25) is 10.0 Å². The summed E-state index contributed by atoms with van der Waals surface area (Å²) in [6, 6.07) is 5.35. The van der Waals surface area contributed by atoms with Crippen molar-refractivity contribution in [2.24, 2.45) is 0 Å². The molecule has 0 heterocycles. The predicted octanol–water partition coefficient (Wildman–Crippen LogP) is 7.60. The predicted molar refractivity (Wildman–Crippen MR) is 106 cm³/mol. The van der Waals surface area contributed by atoms with Gasteiger partial charge in [0.2, 0.25) is 0 Å². The molecule has 0 radical (unpaired) electrons. The largest absolute Gasteiger partial charge is 0.480 e. The second kappa shape index (κ2) is 12.1. The van der Waals surface area contributed by atoms with Gasteiger partial charge >= 0.3 is 0 Å². The Labute approximate surface area is 156 Å². The molecule has 0 N–H and O–H groups in total. The maximum absolute atomic E-state index is 6.01. The molecule has 130 valence electrons. The van der Waals surface area contributed by atoms with Gasteiger partial charge in [0.25, 0.3) is 0 Å². The third kappa shape index (κ3) is 8.93. The first-order valence-electron chi connectivity index (χ1n) is 8.70. The van der Waals surface area contributed by atoms with Crippen molar-refractivity contribution in [3.8, 4) is 0 Å². The minimum atomic E-state index is 0.136. The maximum atomic E-state index is 6.01. The van der Waals surface area contributed by atoms with E-state index in [9.17, 15) is 0 Å². The summed E-state index contributed by atoms with van der Waals surface area (Å²) in [5.74, 6) is 0. The van der Waals surface area contributed by atoms with Crippen molar-refractivity contribution in [3.05, 3.63) is 33.8 Å². The molecule has 0 bridgehead atoms. The van der Waals surface area contributed by atoms with E-state index in [0.717, 1.165) is 12.0 Å². The fourth-order valence-electron chi connectivity index (χ4n) is 2.50. The standard InChI is InChI=1S/C19H28Cl2OS/c1-3-4-5-6-7-8-9-10-11-15(2)22-19(23)16-12-13-17(20)18(21)14-16/h12-15H,3-11H2,1-2H3. The number of benzene rings is 1. The summed E-state index contributed by atoms with van der Waals surface area (Å²) < 4.78 is 5.82. The SMILES string of the molecule is CCCCCCCCCCC(C)OC(=S)c1ccc(Cl)c(Cl)c1. The van der Waals surface area contributed by atoms with Crippen LogP contribution in [0.4, 0.5) is 0 Å². The summed E-state index contributed by atoms with van der Waals surface area (Å²) >= 11 is 17.3. The van der Waals surface area contributed by atoms with Crippen molar-refractivity contribution in [1.29, 1.82) is 0 Å². The van der Waals surface area contributed by atoms with Gasteiger partial charge in [0.05, 0.1) is 16.1 Å². The van der Waals surface area contributed by atoms with Crippen LogP contribution in [0.1, 0.15) is 77.2 Å². The monoisotopic (exact) mass is 374 g/mol. The fourth-order valence-corrected chi connectivity index (χ4v) is 3.09. The van der Waals surface area contributed by atoms with Gasteiger partial charge in [0.1, 0.15) is 0 Å². The van der Waals surface area contributed by atoms with E-state index in [1.54, 1.807) is 12.1 Å². The van der Waals surface area contributed by atoms with Crippen LogP contribution >= 0.6 is 35.4 Å². The highest BCUT2D eigenvalue weighted by Crippen LogP contribution is 2.23. The van der Waals surface area contributed by atoms with E-state index in [1.165, 1.54) is 51.4 Å². The van der Waals surface area contributed by atoms with Crippen LogP contribution in [0.5, 0.6) is 0 Å². The molecule has 0 amide bonds. The molecule has 4 heteroatoms. The summed E-state index contributed by atoms with van der Waals surface area (Å²) in [5.41, 5.74) is 0.817. The zero-order valence-electron chi connectivity index (χ0n) is 14.2. The average molecular weight is 375 g/mol. The average Bonchev–Trinajstić information content (AvgIpc) is 2.52. The summed E-state index contributed by atoms with van der Waals surface area (Å²) in [6.07, 6.45) is 11.8. The third-order valence-electron chi connectivity index (χ3n) is 3.93. The van der Waals surface area contributed by atoms with Crippen molar-refractivity contribution < 1.29 is 4.74 Å². The molecule has 1 aromatic rings. The molecule has 0 aromatic heterocycles. The molecular weight excluding hydrogens is 347 g/mol. The van der Waals surface area contributed by atoms with Gasteiger partial charge in [-0.15, -0.1) is 0 Å². The molecule has 1 unspecified atom stereocenters. The van der Waals surface area contributed by atoms with Gasteiger partial charge in [0.15, 0.2) is 5.05 Å². The van der Waals surface area contributed by atoms with E-state index < -0.39 is 0 Å². The van der Waals surface area contributed by atoms with E-state index in [1.807, 2.05) is 6.07 Å². The smallest absolute Gasteiger partial charge is 0.191 e. The first-order valence-corrected chi connectivity index (χ1v) is 9.87. The molecule has 0 aliphatic rings. The highest BCUT2D eigenvalue weighted by atomic mass is 35.5. The Morgan fingerprint density at radius 3 is 2.22 bits per heavy atom. The summed E-state index contributed by atoms with van der Waals surface area (Å²) in [5, 5.41) is 1.53. The quantitative estimate of drug-likeness (QED) is 0.291. The molecule has 0 saturated carbocycles.